The number of allylic oxidation sites excluding steroid dienone is 1. The standard InChI is InChI=1S/C37H45ClN2O4/c1-25(27-16-10-8-11-17-27)39-35(43)33(36(2,3)4)40-34(42)29(24-32(41)44-37(5,6)7)20-14-15-26-21-22-30(31(38)23-26)28-18-12-9-13-19-28/h8-19,21-23,25,29,33H,20,24H2,1-7H3,(H,39,43)(H,40,42)/b15-14+/t25-,29-,33-/m1/s1. The summed E-state index contributed by atoms with van der Waals surface area (Å²) >= 11 is 6.59. The molecule has 0 aliphatic rings. The molecule has 3 rings (SSSR count). The third kappa shape index (κ3) is 10.7. The minimum atomic E-state index is -0.824. The van der Waals surface area contributed by atoms with E-state index in [-0.39, 0.29) is 30.7 Å². The minimum Gasteiger partial charge on any atom is -0.460 e. The van der Waals surface area contributed by atoms with Crippen molar-refractivity contribution in [2.75, 3.05) is 0 Å². The SMILES string of the molecule is C[C@@H](NC(=O)[C@@H](NC(=O)[C@H](C/C=C/c1ccc(-c2ccccc2)c(Cl)c1)CC(=O)OC(C)(C)C)C(C)(C)C)c1ccccc1. The lowest BCUT2D eigenvalue weighted by molar-refractivity contribution is -0.157. The van der Waals surface area contributed by atoms with Crippen LogP contribution in [0.4, 0.5) is 0 Å². The minimum absolute atomic E-state index is 0.125. The molecule has 6 nitrogen and oxygen atoms in total. The second-order valence-electron chi connectivity index (χ2n) is 13.2. The van der Waals surface area contributed by atoms with E-state index in [0.717, 1.165) is 22.3 Å². The zero-order valence-electron chi connectivity index (χ0n) is 26.8. The van der Waals surface area contributed by atoms with Crippen molar-refractivity contribution in [1.82, 2.24) is 10.6 Å². The Morgan fingerprint density at radius 2 is 1.45 bits per heavy atom. The van der Waals surface area contributed by atoms with Crippen molar-refractivity contribution in [3.05, 3.63) is 101 Å². The van der Waals surface area contributed by atoms with Gasteiger partial charge in [0.2, 0.25) is 11.8 Å². The lowest BCUT2D eigenvalue weighted by Gasteiger charge is -2.32. The molecular formula is C37H45ClN2O4. The number of benzene rings is 3. The maximum absolute atomic E-state index is 13.7. The van der Waals surface area contributed by atoms with Gasteiger partial charge in [0.05, 0.1) is 18.4 Å². The molecule has 0 bridgehead atoms. The van der Waals surface area contributed by atoms with Crippen molar-refractivity contribution >= 4 is 35.5 Å². The van der Waals surface area contributed by atoms with Gasteiger partial charge in [-0.3, -0.25) is 14.4 Å². The largest absolute Gasteiger partial charge is 0.460 e. The highest BCUT2D eigenvalue weighted by Crippen LogP contribution is 2.29. The molecule has 3 aromatic carbocycles. The zero-order valence-corrected chi connectivity index (χ0v) is 27.6. The summed E-state index contributed by atoms with van der Waals surface area (Å²) in [7, 11) is 0. The fourth-order valence-electron chi connectivity index (χ4n) is 4.78. The van der Waals surface area contributed by atoms with Crippen molar-refractivity contribution in [2.24, 2.45) is 11.3 Å². The zero-order chi connectivity index (χ0) is 32.5. The average molecular weight is 617 g/mol. The maximum atomic E-state index is 13.7. The van der Waals surface area contributed by atoms with Gasteiger partial charge >= 0.3 is 5.97 Å². The fourth-order valence-corrected chi connectivity index (χ4v) is 5.08. The maximum Gasteiger partial charge on any atom is 0.307 e. The van der Waals surface area contributed by atoms with Gasteiger partial charge in [-0.15, -0.1) is 0 Å². The quantitative estimate of drug-likeness (QED) is 0.213. The molecule has 0 fully saturated rings. The highest BCUT2D eigenvalue weighted by molar-refractivity contribution is 6.33. The summed E-state index contributed by atoms with van der Waals surface area (Å²) < 4.78 is 5.54. The molecule has 3 aromatic rings. The Kier molecular flexibility index (Phi) is 12.0. The van der Waals surface area contributed by atoms with Crippen molar-refractivity contribution in [3.8, 4) is 11.1 Å². The Hall–Kier alpha value is -3.90. The third-order valence-corrected chi connectivity index (χ3v) is 7.40. The van der Waals surface area contributed by atoms with Crippen LogP contribution in [0.2, 0.25) is 5.02 Å². The molecule has 2 N–H and O–H groups in total. The second kappa shape index (κ2) is 15.2. The van der Waals surface area contributed by atoms with Gasteiger partial charge in [0.25, 0.3) is 0 Å². The summed E-state index contributed by atoms with van der Waals surface area (Å²) in [6, 6.07) is 24.3. The number of halogens is 1. The van der Waals surface area contributed by atoms with Crippen molar-refractivity contribution in [3.63, 3.8) is 0 Å². The molecule has 3 atom stereocenters. The van der Waals surface area contributed by atoms with Crippen LogP contribution in [0, 0.1) is 11.3 Å². The average Bonchev–Trinajstić information content (AvgIpc) is 2.94. The Morgan fingerprint density at radius 3 is 2.02 bits per heavy atom. The molecule has 0 aliphatic heterocycles. The Labute approximate surface area is 267 Å². The number of ether oxygens (including phenoxy) is 1. The third-order valence-electron chi connectivity index (χ3n) is 7.09. The van der Waals surface area contributed by atoms with E-state index in [0.29, 0.717) is 5.02 Å². The number of amides is 2. The number of esters is 1. The van der Waals surface area contributed by atoms with Gasteiger partial charge in [-0.1, -0.05) is 117 Å². The molecule has 0 unspecified atom stereocenters. The fraction of sp³-hybridized carbons (Fsp3) is 0.378. The first-order chi connectivity index (χ1) is 20.6. The normalized spacial score (nSPS) is 14.0. The van der Waals surface area contributed by atoms with E-state index in [2.05, 4.69) is 10.6 Å². The monoisotopic (exact) mass is 616 g/mol. The number of carbonyl (C=O) groups is 3. The van der Waals surface area contributed by atoms with E-state index in [1.165, 1.54) is 0 Å². The molecule has 0 spiro atoms. The van der Waals surface area contributed by atoms with E-state index in [9.17, 15) is 14.4 Å². The van der Waals surface area contributed by atoms with E-state index < -0.39 is 28.9 Å². The second-order valence-corrected chi connectivity index (χ2v) is 13.6. The first kappa shape index (κ1) is 34.6. The molecule has 0 radical (unpaired) electrons. The molecule has 7 heteroatoms. The van der Waals surface area contributed by atoms with Crippen LogP contribution in [0.15, 0.2) is 84.9 Å². The van der Waals surface area contributed by atoms with Crippen molar-refractivity contribution < 1.29 is 19.1 Å². The van der Waals surface area contributed by atoms with Crippen LogP contribution < -0.4 is 10.6 Å². The van der Waals surface area contributed by atoms with E-state index in [1.807, 2.05) is 119 Å². The van der Waals surface area contributed by atoms with Gasteiger partial charge in [-0.25, -0.2) is 0 Å². The molecule has 0 aliphatic carbocycles. The highest BCUT2D eigenvalue weighted by Gasteiger charge is 2.35. The summed E-state index contributed by atoms with van der Waals surface area (Å²) in [6.45, 7) is 13.0. The van der Waals surface area contributed by atoms with E-state index in [1.54, 1.807) is 20.8 Å². The molecule has 0 saturated carbocycles. The van der Waals surface area contributed by atoms with Crippen LogP contribution in [0.5, 0.6) is 0 Å². The molecule has 234 valence electrons. The predicted octanol–water partition coefficient (Wildman–Crippen LogP) is 8.17. The summed E-state index contributed by atoms with van der Waals surface area (Å²) in [5.74, 6) is -1.90. The van der Waals surface area contributed by atoms with Gasteiger partial charge in [-0.2, -0.15) is 0 Å². The number of nitrogens with one attached hydrogen (secondary N) is 2. The van der Waals surface area contributed by atoms with Crippen molar-refractivity contribution in [2.45, 2.75) is 79.0 Å². The highest BCUT2D eigenvalue weighted by atomic mass is 35.5. The van der Waals surface area contributed by atoms with Crippen LogP contribution in [0.1, 0.15) is 78.5 Å². The molecular weight excluding hydrogens is 572 g/mol. The lowest BCUT2D eigenvalue weighted by atomic mass is 9.85. The topological polar surface area (TPSA) is 84.5 Å². The number of carbonyl (C=O) groups excluding carboxylic acids is 3. The summed E-state index contributed by atoms with van der Waals surface area (Å²) in [5, 5.41) is 6.60. The van der Waals surface area contributed by atoms with Gasteiger partial charge in [0.15, 0.2) is 0 Å². The smallest absolute Gasteiger partial charge is 0.307 e. The Balaban J connectivity index is 1.78. The number of rotatable bonds is 11. The van der Waals surface area contributed by atoms with E-state index in [4.69, 9.17) is 16.3 Å². The van der Waals surface area contributed by atoms with Gasteiger partial charge < -0.3 is 15.4 Å². The van der Waals surface area contributed by atoms with Crippen LogP contribution >= 0.6 is 11.6 Å². The number of hydrogen-bond acceptors (Lipinski definition) is 4. The van der Waals surface area contributed by atoms with Crippen LogP contribution in [0.25, 0.3) is 17.2 Å². The lowest BCUT2D eigenvalue weighted by Crippen LogP contribution is -2.55. The summed E-state index contributed by atoms with van der Waals surface area (Å²) in [6.07, 6.45) is 3.87. The molecule has 0 aromatic heterocycles. The van der Waals surface area contributed by atoms with Crippen LogP contribution in [0.3, 0.4) is 0 Å². The predicted molar refractivity (Wildman–Crippen MR) is 179 cm³/mol. The first-order valence-electron chi connectivity index (χ1n) is 15.0. The first-order valence-corrected chi connectivity index (χ1v) is 15.4. The van der Waals surface area contributed by atoms with Crippen molar-refractivity contribution in [1.29, 1.82) is 0 Å². The van der Waals surface area contributed by atoms with Gasteiger partial charge in [-0.05, 0) is 62.3 Å². The number of hydrogen-bond donors (Lipinski definition) is 2. The van der Waals surface area contributed by atoms with Gasteiger partial charge in [0.1, 0.15) is 11.6 Å². The summed E-state index contributed by atoms with van der Waals surface area (Å²) in [4.78, 5) is 40.0. The molecule has 0 heterocycles. The molecule has 2 amide bonds. The van der Waals surface area contributed by atoms with Crippen LogP contribution in [-0.2, 0) is 19.1 Å². The Morgan fingerprint density at radius 1 is 0.841 bits per heavy atom. The van der Waals surface area contributed by atoms with Gasteiger partial charge in [0, 0.05) is 10.6 Å². The molecule has 0 saturated heterocycles. The summed E-state index contributed by atoms with van der Waals surface area (Å²) in [5.41, 5.74) is 2.52. The van der Waals surface area contributed by atoms with Crippen LogP contribution in [-0.4, -0.2) is 29.4 Å². The molecule has 44 heavy (non-hydrogen) atoms. The van der Waals surface area contributed by atoms with E-state index >= 15 is 0 Å². The Bertz CT molecular complexity index is 1440.